The minimum absolute atomic E-state index is 0.0552. The molecule has 0 atom stereocenters. The van der Waals surface area contributed by atoms with Gasteiger partial charge in [-0.2, -0.15) is 0 Å². The van der Waals surface area contributed by atoms with Crippen LogP contribution in [0.5, 0.6) is 17.2 Å². The molecule has 0 radical (unpaired) electrons. The largest absolute Gasteiger partial charge is 0.493 e. The highest BCUT2D eigenvalue weighted by atomic mass is 16.6. The molecule has 0 bridgehead atoms. The summed E-state index contributed by atoms with van der Waals surface area (Å²) < 4.78 is 16.2. The third kappa shape index (κ3) is 6.26. The molecule has 2 N–H and O–H groups in total. The van der Waals surface area contributed by atoms with Crippen molar-refractivity contribution in [3.8, 4) is 17.2 Å². The summed E-state index contributed by atoms with van der Waals surface area (Å²) in [5.74, 6) is 2.15. The maximum absolute atomic E-state index is 10.8. The number of methoxy groups -OCH3 is 3. The lowest BCUT2D eigenvalue weighted by Crippen LogP contribution is -2.31. The van der Waals surface area contributed by atoms with E-state index in [0.29, 0.717) is 29.8 Å². The van der Waals surface area contributed by atoms with Crippen molar-refractivity contribution in [3.05, 3.63) is 52.1 Å². The number of guanidine groups is 1. The summed E-state index contributed by atoms with van der Waals surface area (Å²) in [6.45, 7) is 3.24. The van der Waals surface area contributed by atoms with Crippen molar-refractivity contribution in [2.75, 3.05) is 33.2 Å². The van der Waals surface area contributed by atoms with Crippen LogP contribution in [0.3, 0.4) is 0 Å². The fourth-order valence-corrected chi connectivity index (χ4v) is 2.71. The van der Waals surface area contributed by atoms with Crippen LogP contribution in [0.4, 0.5) is 11.4 Å². The number of nitro groups is 1. The number of hydrogen-bond acceptors (Lipinski definition) is 6. The lowest BCUT2D eigenvalue weighted by atomic mass is 10.2. The molecule has 0 unspecified atom stereocenters. The van der Waals surface area contributed by atoms with Gasteiger partial charge in [-0.25, -0.2) is 4.99 Å². The van der Waals surface area contributed by atoms with E-state index in [2.05, 4.69) is 22.5 Å². The van der Waals surface area contributed by atoms with Crippen molar-refractivity contribution in [2.45, 2.75) is 26.3 Å². The Bertz CT molecular complexity index is 843. The maximum atomic E-state index is 10.8. The van der Waals surface area contributed by atoms with Gasteiger partial charge in [0.05, 0.1) is 32.8 Å². The molecular weight excluding hydrogens is 388 g/mol. The predicted molar refractivity (Wildman–Crippen MR) is 117 cm³/mol. The van der Waals surface area contributed by atoms with Gasteiger partial charge < -0.3 is 24.8 Å². The summed E-state index contributed by atoms with van der Waals surface area (Å²) in [5.41, 5.74) is 1.64. The maximum Gasteiger partial charge on any atom is 0.269 e. The van der Waals surface area contributed by atoms with E-state index in [0.717, 1.165) is 30.6 Å². The number of hydrogen-bond donors (Lipinski definition) is 2. The van der Waals surface area contributed by atoms with Crippen LogP contribution >= 0.6 is 0 Å². The molecule has 0 aliphatic rings. The summed E-state index contributed by atoms with van der Waals surface area (Å²) in [4.78, 5) is 15.0. The van der Waals surface area contributed by atoms with Crippen LogP contribution in [0, 0.1) is 10.1 Å². The topological polar surface area (TPSA) is 107 Å². The van der Waals surface area contributed by atoms with Crippen molar-refractivity contribution in [3.63, 3.8) is 0 Å². The molecule has 0 saturated heterocycles. The van der Waals surface area contributed by atoms with Gasteiger partial charge in [0.2, 0.25) is 5.75 Å². The quantitative estimate of drug-likeness (QED) is 0.198. The average molecular weight is 416 g/mol. The number of non-ortho nitro benzene ring substituents is 1. The van der Waals surface area contributed by atoms with E-state index >= 15 is 0 Å². The Labute approximate surface area is 176 Å². The smallest absolute Gasteiger partial charge is 0.269 e. The predicted octanol–water partition coefficient (Wildman–Crippen LogP) is 3.98. The molecule has 0 fully saturated rings. The fraction of sp³-hybridized carbons (Fsp3) is 0.381. The first-order valence-electron chi connectivity index (χ1n) is 9.61. The molecular formula is C21H28N4O5. The summed E-state index contributed by atoms with van der Waals surface area (Å²) >= 11 is 0. The van der Waals surface area contributed by atoms with Crippen LogP contribution in [0.2, 0.25) is 0 Å². The van der Waals surface area contributed by atoms with Gasteiger partial charge in [0, 0.05) is 36.5 Å². The number of anilines is 1. The molecule has 2 aromatic carbocycles. The van der Waals surface area contributed by atoms with Gasteiger partial charge >= 0.3 is 0 Å². The summed E-state index contributed by atoms with van der Waals surface area (Å²) in [6, 6.07) is 9.94. The molecule has 0 aliphatic heterocycles. The normalized spacial score (nSPS) is 11.0. The summed E-state index contributed by atoms with van der Waals surface area (Å²) in [6.07, 6.45) is 2.04. The van der Waals surface area contributed by atoms with Crippen molar-refractivity contribution < 1.29 is 19.1 Å². The highest BCUT2D eigenvalue weighted by Gasteiger charge is 2.14. The molecule has 0 amide bonds. The highest BCUT2D eigenvalue weighted by molar-refractivity contribution is 5.94. The van der Waals surface area contributed by atoms with Crippen molar-refractivity contribution in [1.82, 2.24) is 5.32 Å². The lowest BCUT2D eigenvalue weighted by Gasteiger charge is -2.17. The minimum atomic E-state index is -0.420. The van der Waals surface area contributed by atoms with Crippen LogP contribution < -0.4 is 24.8 Å². The van der Waals surface area contributed by atoms with Gasteiger partial charge in [0.1, 0.15) is 0 Å². The molecule has 0 aromatic heterocycles. The second kappa shape index (κ2) is 11.5. The highest BCUT2D eigenvalue weighted by Crippen LogP contribution is 2.39. The number of nitrogens with one attached hydrogen (secondary N) is 2. The molecule has 0 saturated carbocycles. The van der Waals surface area contributed by atoms with Crippen molar-refractivity contribution in [2.24, 2.45) is 4.99 Å². The zero-order valence-corrected chi connectivity index (χ0v) is 17.7. The van der Waals surface area contributed by atoms with E-state index in [1.807, 2.05) is 0 Å². The van der Waals surface area contributed by atoms with E-state index in [-0.39, 0.29) is 5.69 Å². The average Bonchev–Trinajstić information content (AvgIpc) is 2.76. The zero-order chi connectivity index (χ0) is 21.9. The molecule has 2 aromatic rings. The van der Waals surface area contributed by atoms with E-state index < -0.39 is 4.92 Å². The van der Waals surface area contributed by atoms with E-state index in [1.54, 1.807) is 45.6 Å². The number of unbranched alkanes of at least 4 members (excludes halogenated alkanes) is 1. The lowest BCUT2D eigenvalue weighted by molar-refractivity contribution is -0.384. The number of aliphatic imine (C=N–C) groups is 1. The van der Waals surface area contributed by atoms with Crippen LogP contribution in [-0.2, 0) is 6.54 Å². The van der Waals surface area contributed by atoms with Crippen LogP contribution in [0.1, 0.15) is 25.3 Å². The first-order chi connectivity index (χ1) is 14.5. The molecule has 0 spiro atoms. The molecule has 0 heterocycles. The molecule has 9 nitrogen and oxygen atoms in total. The Morgan fingerprint density at radius 2 is 1.70 bits per heavy atom. The fourth-order valence-electron chi connectivity index (χ4n) is 2.71. The number of benzene rings is 2. The number of nitro benzene ring substituents is 1. The molecule has 9 heteroatoms. The van der Waals surface area contributed by atoms with Gasteiger partial charge in [-0.05, 0) is 12.0 Å². The van der Waals surface area contributed by atoms with E-state index in [4.69, 9.17) is 14.2 Å². The monoisotopic (exact) mass is 416 g/mol. The Morgan fingerprint density at radius 1 is 1.07 bits per heavy atom. The van der Waals surface area contributed by atoms with Crippen LogP contribution in [0.25, 0.3) is 0 Å². The Kier molecular flexibility index (Phi) is 8.74. The third-order valence-corrected chi connectivity index (χ3v) is 4.32. The molecule has 2 rings (SSSR count). The zero-order valence-electron chi connectivity index (χ0n) is 17.7. The Hall–Kier alpha value is -3.49. The second-order valence-electron chi connectivity index (χ2n) is 6.41. The van der Waals surface area contributed by atoms with Gasteiger partial charge in [-0.1, -0.05) is 25.5 Å². The van der Waals surface area contributed by atoms with Crippen molar-refractivity contribution >= 4 is 17.3 Å². The number of nitrogens with zero attached hydrogens (tertiary/aromatic N) is 2. The van der Waals surface area contributed by atoms with E-state index in [1.165, 1.54) is 12.1 Å². The van der Waals surface area contributed by atoms with Gasteiger partial charge in [0.25, 0.3) is 5.69 Å². The summed E-state index contributed by atoms with van der Waals surface area (Å²) in [5, 5.41) is 17.4. The molecule has 0 aliphatic carbocycles. The molecule has 162 valence electrons. The van der Waals surface area contributed by atoms with Crippen molar-refractivity contribution in [1.29, 1.82) is 0 Å². The Morgan fingerprint density at radius 3 is 2.20 bits per heavy atom. The third-order valence-electron chi connectivity index (χ3n) is 4.32. The van der Waals surface area contributed by atoms with Crippen LogP contribution in [0.15, 0.2) is 41.4 Å². The van der Waals surface area contributed by atoms with Gasteiger partial charge in [0.15, 0.2) is 17.5 Å². The van der Waals surface area contributed by atoms with E-state index in [9.17, 15) is 10.1 Å². The first-order valence-corrected chi connectivity index (χ1v) is 9.61. The first kappa shape index (κ1) is 22.8. The summed E-state index contributed by atoms with van der Waals surface area (Å²) in [7, 11) is 4.67. The minimum Gasteiger partial charge on any atom is -0.493 e. The Balaban J connectivity index is 2.23. The van der Waals surface area contributed by atoms with Crippen LogP contribution in [-0.4, -0.2) is 38.8 Å². The standard InChI is InChI=1S/C21H28N4O5/c1-5-6-11-22-21(23-14-15-7-9-17(10-8-15)25(26)27)24-16-12-18(28-2)20(30-4)19(13-16)29-3/h7-10,12-13H,5-6,11,14H2,1-4H3,(H2,22,23,24). The van der Waals surface area contributed by atoms with Gasteiger partial charge in [-0.15, -0.1) is 0 Å². The SMILES string of the molecule is CCCCNC(=NCc1ccc([N+](=O)[O-])cc1)Nc1cc(OC)c(OC)c(OC)c1. The van der Waals surface area contributed by atoms with Gasteiger partial charge in [-0.3, -0.25) is 10.1 Å². The number of rotatable bonds is 10. The second-order valence-corrected chi connectivity index (χ2v) is 6.41. The molecule has 30 heavy (non-hydrogen) atoms. The number of ether oxygens (including phenoxy) is 3.